The quantitative estimate of drug-likeness (QED) is 0.390. The van der Waals surface area contributed by atoms with Crippen molar-refractivity contribution in [2.45, 2.75) is 17.4 Å². The van der Waals surface area contributed by atoms with E-state index in [1.165, 1.54) is 18.2 Å². The second kappa shape index (κ2) is 7.23. The number of hydrogen-bond acceptors (Lipinski definition) is 4. The molecule has 4 rings (SSSR count). The first kappa shape index (κ1) is 19.0. The van der Waals surface area contributed by atoms with Crippen LogP contribution in [0.1, 0.15) is 5.56 Å². The third kappa shape index (κ3) is 3.80. The molecule has 29 heavy (non-hydrogen) atoms. The SMILES string of the molecule is NC(=O)C(Cc1c[nH]c2ccccc12)NS(=O)(=O)c1ccc2cc(O)ccc2c1. The average molecular weight is 409 g/mol. The van der Waals surface area contributed by atoms with Gasteiger partial charge in [0.25, 0.3) is 0 Å². The van der Waals surface area contributed by atoms with Crippen molar-refractivity contribution in [1.29, 1.82) is 0 Å². The van der Waals surface area contributed by atoms with Gasteiger partial charge in [-0.1, -0.05) is 30.3 Å². The summed E-state index contributed by atoms with van der Waals surface area (Å²) in [5, 5.41) is 11.8. The summed E-state index contributed by atoms with van der Waals surface area (Å²) in [5.41, 5.74) is 7.17. The van der Waals surface area contributed by atoms with Crippen LogP contribution in [0.25, 0.3) is 21.7 Å². The van der Waals surface area contributed by atoms with E-state index in [-0.39, 0.29) is 17.1 Å². The Kier molecular flexibility index (Phi) is 4.73. The van der Waals surface area contributed by atoms with Crippen LogP contribution >= 0.6 is 0 Å². The van der Waals surface area contributed by atoms with Crippen molar-refractivity contribution in [3.63, 3.8) is 0 Å². The van der Waals surface area contributed by atoms with Crippen molar-refractivity contribution in [2.24, 2.45) is 5.73 Å². The van der Waals surface area contributed by atoms with Gasteiger partial charge >= 0.3 is 0 Å². The van der Waals surface area contributed by atoms with Crippen LogP contribution in [0.4, 0.5) is 0 Å². The molecule has 0 radical (unpaired) electrons. The summed E-state index contributed by atoms with van der Waals surface area (Å²) in [5.74, 6) is -0.664. The number of carbonyl (C=O) groups excluding carboxylic acids is 1. The molecule has 7 nitrogen and oxygen atoms in total. The van der Waals surface area contributed by atoms with Crippen LogP contribution in [0.5, 0.6) is 5.75 Å². The molecular weight excluding hydrogens is 390 g/mol. The summed E-state index contributed by atoms with van der Waals surface area (Å²) in [6.07, 6.45) is 1.87. The van der Waals surface area contributed by atoms with Gasteiger partial charge in [0.05, 0.1) is 4.90 Å². The molecule has 0 aliphatic rings. The molecule has 1 atom stereocenters. The number of para-hydroxylation sites is 1. The normalized spacial score (nSPS) is 13.0. The van der Waals surface area contributed by atoms with Gasteiger partial charge in [-0.15, -0.1) is 0 Å². The number of aromatic nitrogens is 1. The first-order chi connectivity index (χ1) is 13.8. The maximum Gasteiger partial charge on any atom is 0.241 e. The summed E-state index contributed by atoms with van der Waals surface area (Å²) < 4.78 is 28.2. The van der Waals surface area contributed by atoms with E-state index >= 15 is 0 Å². The van der Waals surface area contributed by atoms with E-state index in [0.717, 1.165) is 16.5 Å². The Hall–Kier alpha value is -3.36. The topological polar surface area (TPSA) is 125 Å². The minimum absolute atomic E-state index is 0.0147. The van der Waals surface area contributed by atoms with Gasteiger partial charge in [0, 0.05) is 17.1 Å². The number of primary amides is 1. The summed E-state index contributed by atoms with van der Waals surface area (Å²) >= 11 is 0. The molecule has 0 bridgehead atoms. The fraction of sp³-hybridized carbons (Fsp3) is 0.0952. The molecular formula is C21H19N3O4S. The molecule has 148 valence electrons. The molecule has 4 aromatic rings. The molecule has 3 aromatic carbocycles. The zero-order valence-corrected chi connectivity index (χ0v) is 16.1. The minimum atomic E-state index is -3.99. The van der Waals surface area contributed by atoms with E-state index in [9.17, 15) is 18.3 Å². The number of carbonyl (C=O) groups is 1. The van der Waals surface area contributed by atoms with E-state index in [2.05, 4.69) is 9.71 Å². The first-order valence-corrected chi connectivity index (χ1v) is 10.4. The number of H-pyrrole nitrogens is 1. The highest BCUT2D eigenvalue weighted by Crippen LogP contribution is 2.24. The molecule has 0 saturated heterocycles. The predicted octanol–water partition coefficient (Wildman–Crippen LogP) is 2.40. The summed E-state index contributed by atoms with van der Waals surface area (Å²) in [6.45, 7) is 0. The van der Waals surface area contributed by atoms with Crippen LogP contribution in [-0.4, -0.2) is 30.5 Å². The third-order valence-electron chi connectivity index (χ3n) is 4.85. The average Bonchev–Trinajstić information content (AvgIpc) is 3.10. The monoisotopic (exact) mass is 409 g/mol. The smallest absolute Gasteiger partial charge is 0.241 e. The Balaban J connectivity index is 1.63. The Bertz CT molecular complexity index is 1330. The molecule has 1 unspecified atom stereocenters. The van der Waals surface area contributed by atoms with Gasteiger partial charge < -0.3 is 15.8 Å². The summed E-state index contributed by atoms with van der Waals surface area (Å²) in [6, 6.07) is 15.6. The molecule has 0 aliphatic heterocycles. The summed E-state index contributed by atoms with van der Waals surface area (Å²) in [7, 11) is -3.99. The molecule has 0 saturated carbocycles. The number of aromatic hydroxyl groups is 1. The van der Waals surface area contributed by atoms with Crippen molar-refractivity contribution in [3.8, 4) is 5.75 Å². The van der Waals surface area contributed by atoms with Crippen molar-refractivity contribution < 1.29 is 18.3 Å². The van der Waals surface area contributed by atoms with E-state index in [1.54, 1.807) is 24.4 Å². The van der Waals surface area contributed by atoms with Gasteiger partial charge in [0.15, 0.2) is 0 Å². The van der Waals surface area contributed by atoms with Crippen LogP contribution in [-0.2, 0) is 21.2 Å². The number of phenolic OH excluding ortho intramolecular Hbond substituents is 1. The first-order valence-electron chi connectivity index (χ1n) is 8.93. The van der Waals surface area contributed by atoms with E-state index in [1.807, 2.05) is 24.3 Å². The van der Waals surface area contributed by atoms with Crippen molar-refractivity contribution in [2.75, 3.05) is 0 Å². The number of rotatable bonds is 6. The molecule has 5 N–H and O–H groups in total. The highest BCUT2D eigenvalue weighted by atomic mass is 32.2. The Morgan fingerprint density at radius 1 is 1.07 bits per heavy atom. The van der Waals surface area contributed by atoms with E-state index in [4.69, 9.17) is 5.73 Å². The zero-order valence-electron chi connectivity index (χ0n) is 15.3. The highest BCUT2D eigenvalue weighted by Gasteiger charge is 2.25. The minimum Gasteiger partial charge on any atom is -0.508 e. The van der Waals surface area contributed by atoms with Crippen molar-refractivity contribution >= 4 is 37.6 Å². The second-order valence-electron chi connectivity index (χ2n) is 6.83. The fourth-order valence-corrected chi connectivity index (χ4v) is 4.59. The lowest BCUT2D eigenvalue weighted by Gasteiger charge is -2.16. The molecule has 0 spiro atoms. The van der Waals surface area contributed by atoms with Gasteiger partial charge in [-0.05, 0) is 53.1 Å². The lowest BCUT2D eigenvalue weighted by Crippen LogP contribution is -2.45. The number of hydrogen-bond donors (Lipinski definition) is 4. The van der Waals surface area contributed by atoms with Gasteiger partial charge in [-0.2, -0.15) is 4.72 Å². The molecule has 0 aliphatic carbocycles. The van der Waals surface area contributed by atoms with Gasteiger partial charge in [0.2, 0.25) is 15.9 Å². The van der Waals surface area contributed by atoms with Crippen molar-refractivity contribution in [3.05, 3.63) is 72.4 Å². The molecule has 1 aromatic heterocycles. The van der Waals surface area contributed by atoms with Gasteiger partial charge in [-0.3, -0.25) is 4.79 Å². The molecule has 1 amide bonds. The number of sulfonamides is 1. The molecule has 1 heterocycles. The van der Waals surface area contributed by atoms with Crippen LogP contribution < -0.4 is 10.5 Å². The number of amides is 1. The number of aromatic amines is 1. The van der Waals surface area contributed by atoms with Crippen LogP contribution in [0.2, 0.25) is 0 Å². The van der Waals surface area contributed by atoms with E-state index < -0.39 is 22.0 Å². The highest BCUT2D eigenvalue weighted by molar-refractivity contribution is 7.89. The maximum absolute atomic E-state index is 12.9. The van der Waals surface area contributed by atoms with Crippen LogP contribution in [0, 0.1) is 0 Å². The Labute approximate surface area is 167 Å². The standard InChI is InChI=1S/C21H19N3O4S/c22-21(26)20(11-15-12-23-19-4-2-1-3-18(15)19)24-29(27,28)17-8-6-13-9-16(25)7-5-14(13)10-17/h1-10,12,20,23-25H,11H2,(H2,22,26). The lowest BCUT2D eigenvalue weighted by atomic mass is 10.1. The van der Waals surface area contributed by atoms with E-state index in [0.29, 0.717) is 10.8 Å². The number of benzene rings is 3. The second-order valence-corrected chi connectivity index (χ2v) is 8.55. The van der Waals surface area contributed by atoms with Gasteiger partial charge in [-0.25, -0.2) is 8.42 Å². The molecule has 0 fully saturated rings. The van der Waals surface area contributed by atoms with Gasteiger partial charge in [0.1, 0.15) is 11.8 Å². The number of nitrogens with one attached hydrogen (secondary N) is 2. The maximum atomic E-state index is 12.9. The molecule has 8 heteroatoms. The van der Waals surface area contributed by atoms with Crippen LogP contribution in [0.3, 0.4) is 0 Å². The third-order valence-corrected chi connectivity index (χ3v) is 6.31. The summed E-state index contributed by atoms with van der Waals surface area (Å²) in [4.78, 5) is 15.1. The lowest BCUT2D eigenvalue weighted by molar-refractivity contribution is -0.119. The Morgan fingerprint density at radius 2 is 1.79 bits per heavy atom. The number of phenols is 1. The predicted molar refractivity (Wildman–Crippen MR) is 111 cm³/mol. The number of fused-ring (bicyclic) bond motifs is 2. The largest absolute Gasteiger partial charge is 0.508 e. The fourth-order valence-electron chi connectivity index (χ4n) is 3.35. The van der Waals surface area contributed by atoms with Crippen LogP contribution in [0.15, 0.2) is 71.8 Å². The van der Waals surface area contributed by atoms with Crippen molar-refractivity contribution in [1.82, 2.24) is 9.71 Å². The Morgan fingerprint density at radius 3 is 2.59 bits per heavy atom. The number of nitrogens with two attached hydrogens (primary N) is 1. The zero-order chi connectivity index (χ0) is 20.6.